The first-order chi connectivity index (χ1) is 13.8. The van der Waals surface area contributed by atoms with E-state index < -0.39 is 0 Å². The Morgan fingerprint density at radius 3 is 2.24 bits per heavy atom. The van der Waals surface area contributed by atoms with E-state index in [0.29, 0.717) is 48.9 Å². The zero-order valence-corrected chi connectivity index (χ0v) is 17.3. The van der Waals surface area contributed by atoms with E-state index in [4.69, 9.17) is 16.3 Å². The van der Waals surface area contributed by atoms with Crippen molar-refractivity contribution in [2.45, 2.75) is 20.3 Å². The first kappa shape index (κ1) is 21.1. The molecule has 2 aromatic rings. The Balaban J connectivity index is 1.55. The van der Waals surface area contributed by atoms with Crippen LogP contribution in [-0.2, 0) is 4.79 Å². The van der Waals surface area contributed by atoms with Gasteiger partial charge in [-0.25, -0.2) is 4.39 Å². The molecule has 5 nitrogen and oxygen atoms in total. The molecule has 0 radical (unpaired) electrons. The molecule has 0 N–H and O–H groups in total. The molecular weight excluding hydrogens is 395 g/mol. The molecule has 7 heteroatoms. The van der Waals surface area contributed by atoms with Crippen molar-refractivity contribution in [3.05, 3.63) is 63.9 Å². The highest BCUT2D eigenvalue weighted by Gasteiger charge is 2.23. The molecule has 29 heavy (non-hydrogen) atoms. The number of halogens is 2. The second kappa shape index (κ2) is 9.27. The highest BCUT2D eigenvalue weighted by atomic mass is 35.5. The summed E-state index contributed by atoms with van der Waals surface area (Å²) >= 11 is 6.16. The van der Waals surface area contributed by atoms with Crippen LogP contribution >= 0.6 is 11.6 Å². The van der Waals surface area contributed by atoms with E-state index in [1.807, 2.05) is 26.0 Å². The molecule has 1 aliphatic rings. The quantitative estimate of drug-likeness (QED) is 0.757. The van der Waals surface area contributed by atoms with Crippen LogP contribution in [0.1, 0.15) is 27.9 Å². The van der Waals surface area contributed by atoms with Crippen molar-refractivity contribution in [1.82, 2.24) is 9.80 Å². The first-order valence-electron chi connectivity index (χ1n) is 9.57. The van der Waals surface area contributed by atoms with Crippen LogP contribution in [0.4, 0.5) is 4.39 Å². The number of carbonyl (C=O) groups is 2. The Labute approximate surface area is 175 Å². The van der Waals surface area contributed by atoms with Crippen molar-refractivity contribution in [2.24, 2.45) is 0 Å². The Morgan fingerprint density at radius 2 is 1.59 bits per heavy atom. The number of hydrogen-bond donors (Lipinski definition) is 0. The average molecular weight is 419 g/mol. The van der Waals surface area contributed by atoms with Gasteiger partial charge in [-0.1, -0.05) is 11.6 Å². The van der Waals surface area contributed by atoms with E-state index in [0.717, 1.165) is 11.1 Å². The van der Waals surface area contributed by atoms with Crippen molar-refractivity contribution in [3.63, 3.8) is 0 Å². The normalized spacial score (nSPS) is 14.5. The third kappa shape index (κ3) is 5.26. The van der Waals surface area contributed by atoms with Gasteiger partial charge in [-0.2, -0.15) is 0 Å². The van der Waals surface area contributed by atoms with Gasteiger partial charge in [-0.05, 0) is 67.8 Å². The van der Waals surface area contributed by atoms with Gasteiger partial charge in [0.25, 0.3) is 11.8 Å². The largest absolute Gasteiger partial charge is 0.484 e. The minimum Gasteiger partial charge on any atom is -0.484 e. The number of nitrogens with zero attached hydrogens (tertiary/aromatic N) is 2. The van der Waals surface area contributed by atoms with Crippen molar-refractivity contribution >= 4 is 23.4 Å². The zero-order valence-electron chi connectivity index (χ0n) is 16.6. The molecule has 0 atom stereocenters. The maximum atomic E-state index is 13.1. The minimum atomic E-state index is -0.375. The van der Waals surface area contributed by atoms with E-state index in [-0.39, 0.29) is 24.2 Å². The molecule has 1 aliphatic heterocycles. The predicted molar refractivity (Wildman–Crippen MR) is 110 cm³/mol. The molecule has 2 amide bonds. The highest BCUT2D eigenvalue weighted by Crippen LogP contribution is 2.25. The summed E-state index contributed by atoms with van der Waals surface area (Å²) in [6, 6.07) is 9.14. The van der Waals surface area contributed by atoms with E-state index >= 15 is 0 Å². The fourth-order valence-electron chi connectivity index (χ4n) is 3.37. The lowest BCUT2D eigenvalue weighted by Crippen LogP contribution is -2.39. The van der Waals surface area contributed by atoms with Crippen LogP contribution < -0.4 is 4.74 Å². The van der Waals surface area contributed by atoms with E-state index in [2.05, 4.69) is 0 Å². The van der Waals surface area contributed by atoms with Crippen LogP contribution in [0.5, 0.6) is 5.75 Å². The first-order valence-corrected chi connectivity index (χ1v) is 9.95. The van der Waals surface area contributed by atoms with Crippen LogP contribution in [0.25, 0.3) is 0 Å². The summed E-state index contributed by atoms with van der Waals surface area (Å²) in [5, 5.41) is 0.696. The lowest BCUT2D eigenvalue weighted by Gasteiger charge is -2.22. The molecule has 154 valence electrons. The molecule has 0 unspecified atom stereocenters. The Kier molecular flexibility index (Phi) is 6.75. The molecule has 0 spiro atoms. The molecule has 1 saturated heterocycles. The molecule has 0 saturated carbocycles. The van der Waals surface area contributed by atoms with Gasteiger partial charge in [0.15, 0.2) is 6.61 Å². The summed E-state index contributed by atoms with van der Waals surface area (Å²) < 4.78 is 18.7. The van der Waals surface area contributed by atoms with Crippen LogP contribution in [0.15, 0.2) is 36.4 Å². The summed E-state index contributed by atoms with van der Waals surface area (Å²) in [6.07, 6.45) is 0.678. The molecule has 0 bridgehead atoms. The molecule has 1 fully saturated rings. The lowest BCUT2D eigenvalue weighted by molar-refractivity contribution is -0.133. The molecule has 3 rings (SSSR count). The molecular formula is C22H24ClFN2O3. The second-order valence-electron chi connectivity index (χ2n) is 7.19. The molecule has 0 aromatic heterocycles. The van der Waals surface area contributed by atoms with E-state index in [1.54, 1.807) is 9.80 Å². The van der Waals surface area contributed by atoms with Crippen molar-refractivity contribution in [2.75, 3.05) is 32.8 Å². The van der Waals surface area contributed by atoms with Crippen LogP contribution in [0.2, 0.25) is 5.02 Å². The van der Waals surface area contributed by atoms with Crippen molar-refractivity contribution in [3.8, 4) is 5.75 Å². The number of benzene rings is 2. The van der Waals surface area contributed by atoms with Gasteiger partial charge >= 0.3 is 0 Å². The van der Waals surface area contributed by atoms with E-state index in [9.17, 15) is 14.0 Å². The van der Waals surface area contributed by atoms with Gasteiger partial charge in [-0.3, -0.25) is 9.59 Å². The van der Waals surface area contributed by atoms with Crippen LogP contribution in [0, 0.1) is 19.7 Å². The Bertz CT molecular complexity index is 878. The third-order valence-corrected chi connectivity index (χ3v) is 5.60. The SMILES string of the molecule is Cc1cc(OCC(=O)N2CCCN(C(=O)c3ccc(F)cc3)CC2)cc(C)c1Cl. The average Bonchev–Trinajstić information content (AvgIpc) is 2.96. The van der Waals surface area contributed by atoms with Gasteiger partial charge in [0.1, 0.15) is 11.6 Å². The fraction of sp³-hybridized carbons (Fsp3) is 0.364. The smallest absolute Gasteiger partial charge is 0.260 e. The van der Waals surface area contributed by atoms with Crippen LogP contribution in [0.3, 0.4) is 0 Å². The molecule has 0 aliphatic carbocycles. The third-order valence-electron chi connectivity index (χ3n) is 5.00. The second-order valence-corrected chi connectivity index (χ2v) is 7.57. The number of ether oxygens (including phenoxy) is 1. The maximum absolute atomic E-state index is 13.1. The fourth-order valence-corrected chi connectivity index (χ4v) is 3.48. The minimum absolute atomic E-state index is 0.0631. The highest BCUT2D eigenvalue weighted by molar-refractivity contribution is 6.32. The summed E-state index contributed by atoms with van der Waals surface area (Å²) in [6.45, 7) is 5.71. The maximum Gasteiger partial charge on any atom is 0.260 e. The number of aryl methyl sites for hydroxylation is 2. The predicted octanol–water partition coefficient (Wildman–Crippen LogP) is 3.85. The summed E-state index contributed by atoms with van der Waals surface area (Å²) in [4.78, 5) is 28.6. The van der Waals surface area contributed by atoms with Gasteiger partial charge in [0.05, 0.1) is 0 Å². The number of carbonyl (C=O) groups excluding carboxylic acids is 2. The summed E-state index contributed by atoms with van der Waals surface area (Å²) in [5.74, 6) is -0.0325. The van der Waals surface area contributed by atoms with Gasteiger partial charge in [0, 0.05) is 36.8 Å². The Morgan fingerprint density at radius 1 is 1.00 bits per heavy atom. The number of amides is 2. The topological polar surface area (TPSA) is 49.9 Å². The van der Waals surface area contributed by atoms with Gasteiger partial charge in [-0.15, -0.1) is 0 Å². The number of rotatable bonds is 4. The van der Waals surface area contributed by atoms with E-state index in [1.165, 1.54) is 24.3 Å². The van der Waals surface area contributed by atoms with Crippen molar-refractivity contribution in [1.29, 1.82) is 0 Å². The summed E-state index contributed by atoms with van der Waals surface area (Å²) in [7, 11) is 0. The van der Waals surface area contributed by atoms with Crippen molar-refractivity contribution < 1.29 is 18.7 Å². The monoisotopic (exact) mass is 418 g/mol. The molecule has 1 heterocycles. The standard InChI is InChI=1S/C22H24ClFN2O3/c1-15-12-19(13-16(2)21(15)23)29-14-20(27)25-8-3-9-26(11-10-25)22(28)17-4-6-18(24)7-5-17/h4-7,12-13H,3,8-11,14H2,1-2H3. The van der Waals surface area contributed by atoms with Gasteiger partial charge < -0.3 is 14.5 Å². The number of hydrogen-bond acceptors (Lipinski definition) is 3. The Hall–Kier alpha value is -2.60. The zero-order chi connectivity index (χ0) is 21.0. The van der Waals surface area contributed by atoms with Crippen LogP contribution in [-0.4, -0.2) is 54.4 Å². The lowest BCUT2D eigenvalue weighted by atomic mass is 10.1. The van der Waals surface area contributed by atoms with Gasteiger partial charge in [0.2, 0.25) is 0 Å². The molecule has 2 aromatic carbocycles. The summed E-state index contributed by atoms with van der Waals surface area (Å²) in [5.41, 5.74) is 2.25.